The molecule has 0 radical (unpaired) electrons. The number of hydrogen-bond donors (Lipinski definition) is 1. The molecule has 2 aromatic carbocycles. The molecule has 0 amide bonds. The second kappa shape index (κ2) is 8.56. The topological polar surface area (TPSA) is 71.9 Å². The highest BCUT2D eigenvalue weighted by atomic mass is 19.4. The van der Waals surface area contributed by atoms with Gasteiger partial charge >= 0.3 is 6.18 Å². The maximum atomic E-state index is 13.8. The Kier molecular flexibility index (Phi) is 6.23. The molecule has 0 aliphatic heterocycles. The van der Waals surface area contributed by atoms with Crippen LogP contribution in [0.25, 0.3) is 22.0 Å². The third-order valence-electron chi connectivity index (χ3n) is 4.90. The second-order valence-corrected chi connectivity index (χ2v) is 8.45. The van der Waals surface area contributed by atoms with Crippen molar-refractivity contribution >= 4 is 10.9 Å². The number of benzene rings is 2. The number of rotatable bonds is 6. The van der Waals surface area contributed by atoms with E-state index < -0.39 is 17.3 Å². The molecule has 1 unspecified atom stereocenters. The fraction of sp³-hybridized carbons (Fsp3) is 0.333. The molecule has 4 nitrogen and oxygen atoms in total. The molecule has 0 aliphatic carbocycles. The van der Waals surface area contributed by atoms with Crippen molar-refractivity contribution in [3.8, 4) is 22.9 Å². The van der Waals surface area contributed by atoms with Crippen LogP contribution >= 0.6 is 0 Å². The Morgan fingerprint density at radius 2 is 1.87 bits per heavy atom. The minimum Gasteiger partial charge on any atom is -0.491 e. The smallest absolute Gasteiger partial charge is 0.419 e. The molecule has 1 heterocycles. The van der Waals surface area contributed by atoms with E-state index in [2.05, 4.69) is 4.98 Å². The molecule has 0 saturated carbocycles. The molecule has 1 atom stereocenters. The SMILES string of the molecule is CC(C)CC(C)(N)COc1ccc(-c2ccnc3cc(C#N)ccc23)cc1C(F)(F)F. The van der Waals surface area contributed by atoms with E-state index in [4.69, 9.17) is 15.7 Å². The number of fused-ring (bicyclic) bond motifs is 1. The van der Waals surface area contributed by atoms with Crippen LogP contribution in [0.4, 0.5) is 13.2 Å². The van der Waals surface area contributed by atoms with E-state index in [0.717, 1.165) is 6.07 Å². The minimum atomic E-state index is -4.59. The summed E-state index contributed by atoms with van der Waals surface area (Å²) < 4.78 is 47.0. The highest BCUT2D eigenvalue weighted by molar-refractivity contribution is 5.95. The maximum Gasteiger partial charge on any atom is 0.419 e. The first-order chi connectivity index (χ1) is 14.5. The summed E-state index contributed by atoms with van der Waals surface area (Å²) in [5.41, 5.74) is 6.55. The lowest BCUT2D eigenvalue weighted by Gasteiger charge is -2.27. The van der Waals surface area contributed by atoms with Gasteiger partial charge in [-0.25, -0.2) is 0 Å². The molecule has 0 saturated heterocycles. The van der Waals surface area contributed by atoms with Crippen molar-refractivity contribution in [2.75, 3.05) is 6.61 Å². The molecular weight excluding hydrogens is 403 g/mol. The normalized spacial score (nSPS) is 13.8. The summed E-state index contributed by atoms with van der Waals surface area (Å²) in [7, 11) is 0. The monoisotopic (exact) mass is 427 g/mol. The number of hydrogen-bond acceptors (Lipinski definition) is 4. The highest BCUT2D eigenvalue weighted by Gasteiger charge is 2.35. The first-order valence-corrected chi connectivity index (χ1v) is 9.92. The van der Waals surface area contributed by atoms with E-state index in [1.165, 1.54) is 12.3 Å². The second-order valence-electron chi connectivity index (χ2n) is 8.45. The Morgan fingerprint density at radius 3 is 2.52 bits per heavy atom. The zero-order valence-corrected chi connectivity index (χ0v) is 17.6. The summed E-state index contributed by atoms with van der Waals surface area (Å²) >= 11 is 0. The van der Waals surface area contributed by atoms with Crippen LogP contribution < -0.4 is 10.5 Å². The van der Waals surface area contributed by atoms with E-state index in [1.807, 2.05) is 19.9 Å². The quantitative estimate of drug-likeness (QED) is 0.529. The summed E-state index contributed by atoms with van der Waals surface area (Å²) in [6.07, 6.45) is -2.45. The van der Waals surface area contributed by atoms with Gasteiger partial charge in [-0.1, -0.05) is 26.0 Å². The minimum absolute atomic E-state index is 0.0251. The third kappa shape index (κ3) is 5.33. The van der Waals surface area contributed by atoms with Crippen LogP contribution in [0.3, 0.4) is 0 Å². The number of halogens is 3. The molecule has 2 N–H and O–H groups in total. The zero-order chi connectivity index (χ0) is 22.8. The van der Waals surface area contributed by atoms with Gasteiger partial charge in [-0.05, 0) is 60.7 Å². The molecule has 3 rings (SSSR count). The molecule has 0 spiro atoms. The summed E-state index contributed by atoms with van der Waals surface area (Å²) in [6.45, 7) is 5.75. The van der Waals surface area contributed by atoms with Crippen molar-refractivity contribution in [1.29, 1.82) is 5.26 Å². The molecule has 0 aliphatic rings. The molecule has 0 bridgehead atoms. The van der Waals surface area contributed by atoms with Crippen LogP contribution in [0.15, 0.2) is 48.7 Å². The molecule has 31 heavy (non-hydrogen) atoms. The Labute approximate surface area is 179 Å². The molecule has 3 aromatic rings. The number of nitrogens with two attached hydrogens (primary N) is 1. The average molecular weight is 427 g/mol. The lowest BCUT2D eigenvalue weighted by atomic mass is 9.93. The first kappa shape index (κ1) is 22.6. The van der Waals surface area contributed by atoms with Crippen molar-refractivity contribution in [2.24, 2.45) is 11.7 Å². The predicted molar refractivity (Wildman–Crippen MR) is 114 cm³/mol. The number of pyridine rings is 1. The van der Waals surface area contributed by atoms with Crippen LogP contribution in [-0.2, 0) is 6.18 Å². The molecular formula is C24H24F3N3O. The Bertz CT molecular complexity index is 1130. The highest BCUT2D eigenvalue weighted by Crippen LogP contribution is 2.40. The maximum absolute atomic E-state index is 13.8. The number of nitriles is 1. The largest absolute Gasteiger partial charge is 0.491 e. The van der Waals surface area contributed by atoms with Crippen molar-refractivity contribution < 1.29 is 17.9 Å². The Hall–Kier alpha value is -3.11. The lowest BCUT2D eigenvalue weighted by molar-refractivity contribution is -0.139. The predicted octanol–water partition coefficient (Wildman–Crippen LogP) is 5.93. The summed E-state index contributed by atoms with van der Waals surface area (Å²) in [5, 5.41) is 9.73. The average Bonchev–Trinajstić information content (AvgIpc) is 2.69. The van der Waals surface area contributed by atoms with Gasteiger partial charge in [0.05, 0.1) is 22.7 Å². The molecule has 0 fully saturated rings. The molecule has 162 valence electrons. The lowest BCUT2D eigenvalue weighted by Crippen LogP contribution is -2.43. The summed E-state index contributed by atoms with van der Waals surface area (Å²) in [6, 6.07) is 12.6. The van der Waals surface area contributed by atoms with Gasteiger partial charge in [0, 0.05) is 17.1 Å². The fourth-order valence-corrected chi connectivity index (χ4v) is 3.75. The van der Waals surface area contributed by atoms with Gasteiger partial charge in [-0.15, -0.1) is 0 Å². The number of nitrogens with zero attached hydrogens (tertiary/aromatic N) is 2. The van der Waals surface area contributed by atoms with E-state index in [0.29, 0.717) is 39.9 Å². The van der Waals surface area contributed by atoms with E-state index in [9.17, 15) is 13.2 Å². The summed E-state index contributed by atoms with van der Waals surface area (Å²) in [4.78, 5) is 4.23. The Morgan fingerprint density at radius 1 is 1.13 bits per heavy atom. The zero-order valence-electron chi connectivity index (χ0n) is 17.6. The molecule has 1 aromatic heterocycles. The van der Waals surface area contributed by atoms with Gasteiger partial charge in [0.1, 0.15) is 12.4 Å². The summed E-state index contributed by atoms with van der Waals surface area (Å²) in [5.74, 6) is 0.0476. The first-order valence-electron chi connectivity index (χ1n) is 9.92. The number of alkyl halides is 3. The standard InChI is InChI=1S/C24H24F3N3O/c1-15(2)12-23(3,29)14-31-22-7-5-17(11-20(22)24(25,26)27)18-8-9-30-21-10-16(13-28)4-6-19(18)21/h4-11,15H,12,14,29H2,1-3H3. The third-order valence-corrected chi connectivity index (χ3v) is 4.90. The van der Waals surface area contributed by atoms with Crippen LogP contribution in [0.2, 0.25) is 0 Å². The van der Waals surface area contributed by atoms with Gasteiger partial charge in [0.15, 0.2) is 0 Å². The van der Waals surface area contributed by atoms with Crippen LogP contribution in [0, 0.1) is 17.2 Å². The van der Waals surface area contributed by atoms with Crippen LogP contribution in [0.5, 0.6) is 5.75 Å². The van der Waals surface area contributed by atoms with Crippen molar-refractivity contribution in [2.45, 2.75) is 38.9 Å². The number of ether oxygens (including phenoxy) is 1. The van der Waals surface area contributed by atoms with Gasteiger partial charge in [0.2, 0.25) is 0 Å². The van der Waals surface area contributed by atoms with Gasteiger partial charge < -0.3 is 10.5 Å². The molecule has 7 heteroatoms. The van der Waals surface area contributed by atoms with Crippen molar-refractivity contribution in [3.05, 3.63) is 59.8 Å². The Balaban J connectivity index is 2.01. The van der Waals surface area contributed by atoms with Crippen LogP contribution in [-0.4, -0.2) is 17.1 Å². The van der Waals surface area contributed by atoms with Crippen molar-refractivity contribution in [3.63, 3.8) is 0 Å². The number of aromatic nitrogens is 1. The van der Waals surface area contributed by atoms with E-state index in [1.54, 1.807) is 37.3 Å². The van der Waals surface area contributed by atoms with E-state index >= 15 is 0 Å². The van der Waals surface area contributed by atoms with Crippen LogP contribution in [0.1, 0.15) is 38.3 Å². The van der Waals surface area contributed by atoms with Gasteiger partial charge in [-0.2, -0.15) is 18.4 Å². The van der Waals surface area contributed by atoms with E-state index in [-0.39, 0.29) is 12.4 Å². The van der Waals surface area contributed by atoms with Gasteiger partial charge in [-0.3, -0.25) is 4.98 Å². The van der Waals surface area contributed by atoms with Gasteiger partial charge in [0.25, 0.3) is 0 Å². The van der Waals surface area contributed by atoms with Crippen molar-refractivity contribution in [1.82, 2.24) is 4.98 Å². The fourth-order valence-electron chi connectivity index (χ4n) is 3.75.